The fraction of sp³-hybridized carbons (Fsp3) is 1.00. The molecule has 0 aromatic carbocycles. The molecule has 1 N–H and O–H groups in total. The van der Waals surface area contributed by atoms with Crippen LogP contribution < -0.4 is 5.32 Å². The van der Waals surface area contributed by atoms with Crippen LogP contribution in [-0.4, -0.2) is 83.6 Å². The molecule has 0 amide bonds. The molecule has 0 radical (unpaired) electrons. The van der Waals surface area contributed by atoms with E-state index in [9.17, 15) is 8.42 Å². The normalized spacial score (nSPS) is 19.2. The molecule has 0 bridgehead atoms. The molecule has 0 saturated carbocycles. The molecule has 0 spiro atoms. The lowest BCUT2D eigenvalue weighted by Gasteiger charge is -2.33. The van der Waals surface area contributed by atoms with E-state index in [1.54, 1.807) is 0 Å². The molecule has 1 heterocycles. The first-order valence-electron chi connectivity index (χ1n) is 7.12. The van der Waals surface area contributed by atoms with E-state index in [0.717, 1.165) is 19.0 Å². The fourth-order valence-electron chi connectivity index (χ4n) is 2.53. The highest BCUT2D eigenvalue weighted by molar-refractivity contribution is 7.90. The lowest BCUT2D eigenvalue weighted by Crippen LogP contribution is -2.40. The van der Waals surface area contributed by atoms with E-state index in [1.165, 1.54) is 38.7 Å². The Morgan fingerprint density at radius 3 is 2.37 bits per heavy atom. The predicted octanol–water partition coefficient (Wildman–Crippen LogP) is -0.106. The van der Waals surface area contributed by atoms with E-state index in [4.69, 9.17) is 0 Å². The van der Waals surface area contributed by atoms with Gasteiger partial charge in [0.05, 0.1) is 5.75 Å². The van der Waals surface area contributed by atoms with Crippen molar-refractivity contribution in [2.24, 2.45) is 5.92 Å². The minimum Gasteiger partial charge on any atom is -0.314 e. The summed E-state index contributed by atoms with van der Waals surface area (Å²) in [4.78, 5) is 4.74. The number of nitrogens with one attached hydrogen (secondary N) is 1. The number of nitrogens with zero attached hydrogens (tertiary/aromatic N) is 2. The minimum absolute atomic E-state index is 0.234. The van der Waals surface area contributed by atoms with E-state index in [2.05, 4.69) is 29.2 Å². The van der Waals surface area contributed by atoms with Crippen molar-refractivity contribution < 1.29 is 8.42 Å². The molecule has 1 fully saturated rings. The van der Waals surface area contributed by atoms with Crippen molar-refractivity contribution in [3.63, 3.8) is 0 Å². The second-order valence-electron chi connectivity index (χ2n) is 5.93. The van der Waals surface area contributed by atoms with Gasteiger partial charge in [-0.2, -0.15) is 0 Å². The molecule has 1 aliphatic heterocycles. The lowest BCUT2D eigenvalue weighted by atomic mass is 9.96. The number of hydrogen-bond acceptors (Lipinski definition) is 5. The number of hydrogen-bond donors (Lipinski definition) is 1. The van der Waals surface area contributed by atoms with E-state index < -0.39 is 9.84 Å². The molecular weight excluding hydrogens is 262 g/mol. The van der Waals surface area contributed by atoms with Crippen LogP contribution >= 0.6 is 0 Å². The highest BCUT2D eigenvalue weighted by atomic mass is 32.2. The van der Waals surface area contributed by atoms with Crippen LogP contribution in [0, 0.1) is 5.92 Å². The maximum Gasteiger partial charge on any atom is 0.148 e. The summed E-state index contributed by atoms with van der Waals surface area (Å²) in [6, 6.07) is 0. The van der Waals surface area contributed by atoms with Crippen molar-refractivity contribution in [2.75, 3.05) is 65.4 Å². The highest BCUT2D eigenvalue weighted by Gasteiger charge is 2.18. The molecule has 0 atom stereocenters. The number of sulfone groups is 1. The molecule has 1 aliphatic rings. The minimum atomic E-state index is -2.83. The van der Waals surface area contributed by atoms with Gasteiger partial charge in [0.25, 0.3) is 0 Å². The Morgan fingerprint density at radius 2 is 1.84 bits per heavy atom. The summed E-state index contributed by atoms with van der Waals surface area (Å²) in [7, 11) is 1.44. The maximum absolute atomic E-state index is 11.0. The molecule has 0 aliphatic carbocycles. The summed E-state index contributed by atoms with van der Waals surface area (Å²) in [5.41, 5.74) is 0. The Kier molecular flexibility index (Phi) is 7.28. The van der Waals surface area contributed by atoms with Gasteiger partial charge < -0.3 is 15.1 Å². The highest BCUT2D eigenvalue weighted by Crippen LogP contribution is 2.17. The number of piperidine rings is 1. The fourth-order valence-corrected chi connectivity index (χ4v) is 3.04. The Morgan fingerprint density at radius 1 is 1.21 bits per heavy atom. The molecule has 1 rings (SSSR count). The van der Waals surface area contributed by atoms with Gasteiger partial charge in [-0.05, 0) is 45.9 Å². The van der Waals surface area contributed by atoms with Crippen molar-refractivity contribution in [1.82, 2.24) is 15.1 Å². The molecule has 114 valence electrons. The second kappa shape index (κ2) is 8.19. The molecule has 5 nitrogen and oxygen atoms in total. The zero-order chi connectivity index (χ0) is 14.3. The molecular formula is C13H29N3O2S. The van der Waals surface area contributed by atoms with E-state index in [0.29, 0.717) is 6.54 Å². The predicted molar refractivity (Wildman–Crippen MR) is 80.3 cm³/mol. The zero-order valence-corrected chi connectivity index (χ0v) is 13.4. The van der Waals surface area contributed by atoms with Crippen LogP contribution in [-0.2, 0) is 9.84 Å². The number of likely N-dealkylation sites (tertiary alicyclic amines) is 1. The third-order valence-electron chi connectivity index (χ3n) is 3.58. The summed E-state index contributed by atoms with van der Waals surface area (Å²) in [5.74, 6) is 1.07. The summed E-state index contributed by atoms with van der Waals surface area (Å²) >= 11 is 0. The van der Waals surface area contributed by atoms with Gasteiger partial charge in [-0.25, -0.2) is 8.42 Å². The van der Waals surface area contributed by atoms with Gasteiger partial charge in [0, 0.05) is 32.4 Å². The van der Waals surface area contributed by atoms with Crippen molar-refractivity contribution in [3.05, 3.63) is 0 Å². The quantitative estimate of drug-likeness (QED) is 0.633. The molecule has 0 aromatic heterocycles. The Bertz CT molecular complexity index is 336. The topological polar surface area (TPSA) is 52.6 Å². The standard InChI is InChI=1S/C13H29N3O2S/c1-15(2)12-13-4-8-16(9-5-13)10-6-14-7-11-19(3,17)18/h13-14H,4-12H2,1-3H3. The van der Waals surface area contributed by atoms with Gasteiger partial charge in [-0.1, -0.05) is 0 Å². The first kappa shape index (κ1) is 16.9. The van der Waals surface area contributed by atoms with Crippen molar-refractivity contribution in [2.45, 2.75) is 12.8 Å². The number of rotatable bonds is 8. The lowest BCUT2D eigenvalue weighted by molar-refractivity contribution is 0.163. The van der Waals surface area contributed by atoms with E-state index in [-0.39, 0.29) is 5.75 Å². The average Bonchev–Trinajstić information content (AvgIpc) is 2.28. The van der Waals surface area contributed by atoms with E-state index >= 15 is 0 Å². The third-order valence-corrected chi connectivity index (χ3v) is 4.53. The molecule has 0 unspecified atom stereocenters. The molecule has 1 saturated heterocycles. The second-order valence-corrected chi connectivity index (χ2v) is 8.19. The van der Waals surface area contributed by atoms with Gasteiger partial charge in [-0.3, -0.25) is 0 Å². The van der Waals surface area contributed by atoms with Crippen molar-refractivity contribution in [3.8, 4) is 0 Å². The smallest absolute Gasteiger partial charge is 0.148 e. The van der Waals surface area contributed by atoms with Gasteiger partial charge in [0.1, 0.15) is 9.84 Å². The third kappa shape index (κ3) is 8.57. The van der Waals surface area contributed by atoms with Gasteiger partial charge in [-0.15, -0.1) is 0 Å². The first-order valence-corrected chi connectivity index (χ1v) is 9.18. The summed E-state index contributed by atoms with van der Waals surface area (Å²) < 4.78 is 21.9. The van der Waals surface area contributed by atoms with E-state index in [1.807, 2.05) is 0 Å². The van der Waals surface area contributed by atoms with Gasteiger partial charge in [0.15, 0.2) is 0 Å². The van der Waals surface area contributed by atoms with Crippen molar-refractivity contribution >= 4 is 9.84 Å². The summed E-state index contributed by atoms with van der Waals surface area (Å²) in [6.07, 6.45) is 3.84. The van der Waals surface area contributed by atoms with Crippen molar-refractivity contribution in [1.29, 1.82) is 0 Å². The largest absolute Gasteiger partial charge is 0.314 e. The molecule has 0 aromatic rings. The molecule has 6 heteroatoms. The van der Waals surface area contributed by atoms with Crippen LogP contribution in [0.15, 0.2) is 0 Å². The summed E-state index contributed by atoms with van der Waals surface area (Å²) in [6.45, 7) is 6.02. The molecule has 19 heavy (non-hydrogen) atoms. The monoisotopic (exact) mass is 291 g/mol. The Hall–Kier alpha value is -0.170. The van der Waals surface area contributed by atoms with Gasteiger partial charge in [0.2, 0.25) is 0 Å². The van der Waals surface area contributed by atoms with Crippen LogP contribution in [0.3, 0.4) is 0 Å². The van der Waals surface area contributed by atoms with Crippen LogP contribution in [0.2, 0.25) is 0 Å². The van der Waals surface area contributed by atoms with Crippen LogP contribution in [0.4, 0.5) is 0 Å². The van der Waals surface area contributed by atoms with Gasteiger partial charge >= 0.3 is 0 Å². The summed E-state index contributed by atoms with van der Waals surface area (Å²) in [5, 5.41) is 3.20. The Labute approximate surface area is 118 Å². The average molecular weight is 291 g/mol. The SMILES string of the molecule is CN(C)CC1CCN(CCNCCS(C)(=O)=O)CC1. The zero-order valence-electron chi connectivity index (χ0n) is 12.6. The van der Waals surface area contributed by atoms with Crippen LogP contribution in [0.25, 0.3) is 0 Å². The van der Waals surface area contributed by atoms with Crippen LogP contribution in [0.1, 0.15) is 12.8 Å². The van der Waals surface area contributed by atoms with Crippen LogP contribution in [0.5, 0.6) is 0 Å². The first-order chi connectivity index (χ1) is 8.87. The maximum atomic E-state index is 11.0. The Balaban J connectivity index is 2.03.